The number of nitrogens with one attached hydrogen (secondary N) is 1. The van der Waals surface area contributed by atoms with Gasteiger partial charge in [-0.05, 0) is 6.07 Å². The predicted octanol–water partition coefficient (Wildman–Crippen LogP) is 0.325. The molecule has 0 saturated heterocycles. The summed E-state index contributed by atoms with van der Waals surface area (Å²) in [6.07, 6.45) is 4.92. The quantitative estimate of drug-likeness (QED) is 0.689. The molecule has 0 aliphatic carbocycles. The van der Waals surface area contributed by atoms with Crippen LogP contribution in [0.4, 0.5) is 0 Å². The van der Waals surface area contributed by atoms with Crippen molar-refractivity contribution in [2.45, 2.75) is 6.54 Å². The molecule has 0 atom stereocenters. The van der Waals surface area contributed by atoms with Gasteiger partial charge in [-0.15, -0.1) is 0 Å². The van der Waals surface area contributed by atoms with Gasteiger partial charge in [-0.25, -0.2) is 0 Å². The van der Waals surface area contributed by atoms with E-state index in [4.69, 9.17) is 5.73 Å². The molecule has 13 heavy (non-hydrogen) atoms. The van der Waals surface area contributed by atoms with E-state index < -0.39 is 0 Å². The number of hydrogen-bond donors (Lipinski definition) is 2. The fraction of sp³-hybridized carbons (Fsp3) is 0.125. The third kappa shape index (κ3) is 1.54. The Bertz CT molecular complexity index is 380. The Kier molecular flexibility index (Phi) is 2.01. The van der Waals surface area contributed by atoms with Crippen molar-refractivity contribution in [2.24, 2.45) is 5.73 Å². The van der Waals surface area contributed by atoms with Crippen LogP contribution in [0.1, 0.15) is 5.69 Å². The molecule has 0 saturated carbocycles. The smallest absolute Gasteiger partial charge is 0.112 e. The number of nitrogens with zero attached hydrogens (tertiary/aromatic N) is 3. The second-order valence-corrected chi connectivity index (χ2v) is 2.57. The molecule has 2 aromatic heterocycles. The fourth-order valence-electron chi connectivity index (χ4n) is 1.03. The molecule has 5 heteroatoms. The Balaban J connectivity index is 2.36. The zero-order valence-electron chi connectivity index (χ0n) is 6.94. The van der Waals surface area contributed by atoms with Crippen molar-refractivity contribution >= 4 is 0 Å². The monoisotopic (exact) mass is 175 g/mol. The minimum Gasteiger partial charge on any atom is -0.325 e. The molecular formula is C8H9N5. The SMILES string of the molecule is NCc1cc(-c2cnccn2)n[nH]1. The summed E-state index contributed by atoms with van der Waals surface area (Å²) in [7, 11) is 0. The molecular weight excluding hydrogens is 166 g/mol. The van der Waals surface area contributed by atoms with E-state index in [2.05, 4.69) is 20.2 Å². The van der Waals surface area contributed by atoms with Crippen LogP contribution in [-0.2, 0) is 6.54 Å². The van der Waals surface area contributed by atoms with Crippen molar-refractivity contribution in [3.05, 3.63) is 30.4 Å². The number of hydrogen-bond acceptors (Lipinski definition) is 4. The van der Waals surface area contributed by atoms with Gasteiger partial charge >= 0.3 is 0 Å². The molecule has 0 amide bonds. The third-order valence-electron chi connectivity index (χ3n) is 1.68. The summed E-state index contributed by atoms with van der Waals surface area (Å²) in [5, 5.41) is 6.86. The Morgan fingerprint density at radius 1 is 1.31 bits per heavy atom. The molecule has 3 N–H and O–H groups in total. The second kappa shape index (κ2) is 3.32. The van der Waals surface area contributed by atoms with Crippen molar-refractivity contribution < 1.29 is 0 Å². The van der Waals surface area contributed by atoms with Gasteiger partial charge in [0, 0.05) is 24.6 Å². The Morgan fingerprint density at radius 2 is 2.23 bits per heavy atom. The number of aromatic nitrogens is 4. The maximum atomic E-state index is 5.43. The summed E-state index contributed by atoms with van der Waals surface area (Å²) in [6.45, 7) is 0.452. The lowest BCUT2D eigenvalue weighted by Crippen LogP contribution is -1.95. The van der Waals surface area contributed by atoms with E-state index in [1.807, 2.05) is 6.07 Å². The molecule has 0 aliphatic heterocycles. The first-order valence-electron chi connectivity index (χ1n) is 3.91. The van der Waals surface area contributed by atoms with E-state index in [0.29, 0.717) is 6.54 Å². The van der Waals surface area contributed by atoms with Gasteiger partial charge in [0.05, 0.1) is 6.20 Å². The average Bonchev–Trinajstić information content (AvgIpc) is 2.67. The van der Waals surface area contributed by atoms with E-state index in [1.54, 1.807) is 18.6 Å². The maximum Gasteiger partial charge on any atom is 0.112 e. The first kappa shape index (κ1) is 7.88. The van der Waals surface area contributed by atoms with Crippen LogP contribution < -0.4 is 5.73 Å². The summed E-state index contributed by atoms with van der Waals surface area (Å²) < 4.78 is 0. The Hall–Kier alpha value is -1.75. The lowest BCUT2D eigenvalue weighted by molar-refractivity contribution is 0.947. The minimum absolute atomic E-state index is 0.452. The molecule has 0 fully saturated rings. The topological polar surface area (TPSA) is 80.5 Å². The molecule has 2 heterocycles. The first-order chi connectivity index (χ1) is 6.40. The average molecular weight is 175 g/mol. The first-order valence-corrected chi connectivity index (χ1v) is 3.91. The highest BCUT2D eigenvalue weighted by molar-refractivity contribution is 5.52. The molecule has 0 radical (unpaired) electrons. The van der Waals surface area contributed by atoms with Crippen LogP contribution in [0.25, 0.3) is 11.4 Å². The Morgan fingerprint density at radius 3 is 2.85 bits per heavy atom. The molecule has 2 aromatic rings. The predicted molar refractivity (Wildman–Crippen MR) is 47.5 cm³/mol. The van der Waals surface area contributed by atoms with Crippen molar-refractivity contribution in [1.29, 1.82) is 0 Å². The van der Waals surface area contributed by atoms with E-state index in [1.165, 1.54) is 0 Å². The van der Waals surface area contributed by atoms with Gasteiger partial charge in [-0.3, -0.25) is 15.1 Å². The van der Waals surface area contributed by atoms with Gasteiger partial charge in [0.25, 0.3) is 0 Å². The van der Waals surface area contributed by atoms with E-state index >= 15 is 0 Å². The second-order valence-electron chi connectivity index (χ2n) is 2.57. The summed E-state index contributed by atoms with van der Waals surface area (Å²) in [5.41, 5.74) is 7.84. The zero-order valence-corrected chi connectivity index (χ0v) is 6.94. The zero-order chi connectivity index (χ0) is 9.10. The highest BCUT2D eigenvalue weighted by Crippen LogP contribution is 2.12. The van der Waals surface area contributed by atoms with Gasteiger partial charge in [-0.1, -0.05) is 0 Å². The molecule has 0 unspecified atom stereocenters. The van der Waals surface area contributed by atoms with Gasteiger partial charge in [0.15, 0.2) is 0 Å². The highest BCUT2D eigenvalue weighted by Gasteiger charge is 2.02. The van der Waals surface area contributed by atoms with Gasteiger partial charge < -0.3 is 5.73 Å². The van der Waals surface area contributed by atoms with Crippen LogP contribution in [0.15, 0.2) is 24.7 Å². The molecule has 2 rings (SSSR count). The maximum absolute atomic E-state index is 5.43. The molecule has 66 valence electrons. The van der Waals surface area contributed by atoms with Crippen molar-refractivity contribution in [2.75, 3.05) is 0 Å². The van der Waals surface area contributed by atoms with Crippen LogP contribution in [0.5, 0.6) is 0 Å². The minimum atomic E-state index is 0.452. The molecule has 0 bridgehead atoms. The van der Waals surface area contributed by atoms with Crippen molar-refractivity contribution in [3.63, 3.8) is 0 Å². The molecule has 0 aliphatic rings. The van der Waals surface area contributed by atoms with Crippen LogP contribution >= 0.6 is 0 Å². The number of rotatable bonds is 2. The largest absolute Gasteiger partial charge is 0.325 e. The highest BCUT2D eigenvalue weighted by atomic mass is 15.1. The molecule has 5 nitrogen and oxygen atoms in total. The van der Waals surface area contributed by atoms with Crippen LogP contribution in [0, 0.1) is 0 Å². The lowest BCUT2D eigenvalue weighted by Gasteiger charge is -1.90. The number of nitrogens with two attached hydrogens (primary N) is 1. The van der Waals surface area contributed by atoms with E-state index in [-0.39, 0.29) is 0 Å². The Labute approximate surface area is 75.0 Å². The van der Waals surface area contributed by atoms with Crippen molar-refractivity contribution in [3.8, 4) is 11.4 Å². The van der Waals surface area contributed by atoms with Gasteiger partial charge in [0.1, 0.15) is 11.4 Å². The molecule has 0 aromatic carbocycles. The van der Waals surface area contributed by atoms with E-state index in [0.717, 1.165) is 17.1 Å². The summed E-state index contributed by atoms with van der Waals surface area (Å²) >= 11 is 0. The van der Waals surface area contributed by atoms with Gasteiger partial charge in [-0.2, -0.15) is 5.10 Å². The van der Waals surface area contributed by atoms with Crippen LogP contribution in [0.3, 0.4) is 0 Å². The normalized spacial score (nSPS) is 10.2. The standard InChI is InChI=1S/C8H9N5/c9-4-6-3-7(13-12-6)8-5-10-1-2-11-8/h1-3,5H,4,9H2,(H,12,13). The summed E-state index contributed by atoms with van der Waals surface area (Å²) in [5.74, 6) is 0. The summed E-state index contributed by atoms with van der Waals surface area (Å²) in [6, 6.07) is 1.87. The third-order valence-corrected chi connectivity index (χ3v) is 1.68. The van der Waals surface area contributed by atoms with Gasteiger partial charge in [0.2, 0.25) is 0 Å². The number of H-pyrrole nitrogens is 1. The fourth-order valence-corrected chi connectivity index (χ4v) is 1.03. The van der Waals surface area contributed by atoms with Crippen LogP contribution in [-0.4, -0.2) is 20.2 Å². The summed E-state index contributed by atoms with van der Waals surface area (Å²) in [4.78, 5) is 8.06. The van der Waals surface area contributed by atoms with E-state index in [9.17, 15) is 0 Å². The molecule has 0 spiro atoms. The van der Waals surface area contributed by atoms with Crippen molar-refractivity contribution in [1.82, 2.24) is 20.2 Å². The number of aromatic amines is 1. The lowest BCUT2D eigenvalue weighted by atomic mass is 10.3. The van der Waals surface area contributed by atoms with Crippen LogP contribution in [0.2, 0.25) is 0 Å².